The van der Waals surface area contributed by atoms with Gasteiger partial charge in [-0.2, -0.15) is 5.26 Å². The highest BCUT2D eigenvalue weighted by molar-refractivity contribution is 5.76. The number of aromatic nitrogens is 1. The van der Waals surface area contributed by atoms with Crippen LogP contribution in [0.5, 0.6) is 0 Å². The van der Waals surface area contributed by atoms with E-state index in [2.05, 4.69) is 4.98 Å². The molecule has 1 amide bonds. The van der Waals surface area contributed by atoms with Gasteiger partial charge in [0.1, 0.15) is 23.5 Å². The SMILES string of the molecule is Cc1[nH]c(=O)c(C#N)c(C)c1CCC(=O)N1CCOC(c2ccco2)C1. The number of nitrogens with one attached hydrogen (secondary N) is 1. The van der Waals surface area contributed by atoms with Crippen LogP contribution in [0.15, 0.2) is 27.6 Å². The third-order valence-electron chi connectivity index (χ3n) is 4.79. The summed E-state index contributed by atoms with van der Waals surface area (Å²) in [6.07, 6.45) is 2.13. The van der Waals surface area contributed by atoms with Crippen LogP contribution in [0, 0.1) is 25.2 Å². The van der Waals surface area contributed by atoms with Gasteiger partial charge in [-0.3, -0.25) is 9.59 Å². The maximum atomic E-state index is 12.6. The standard InChI is InChI=1S/C19H21N3O4/c1-12-14(13(2)21-19(24)15(12)10-20)5-6-18(23)22-7-9-26-17(11-22)16-4-3-8-25-16/h3-4,8,17H,5-7,9,11H2,1-2H3,(H,21,24). The molecule has 0 spiro atoms. The number of ether oxygens (including phenoxy) is 1. The van der Waals surface area contributed by atoms with E-state index in [1.54, 1.807) is 31.1 Å². The molecule has 3 rings (SSSR count). The van der Waals surface area contributed by atoms with Gasteiger partial charge in [0.25, 0.3) is 5.56 Å². The molecule has 1 saturated heterocycles. The molecule has 1 aliphatic rings. The molecule has 0 radical (unpaired) electrons. The zero-order chi connectivity index (χ0) is 18.7. The molecule has 2 aromatic rings. The normalized spacial score (nSPS) is 17.1. The van der Waals surface area contributed by atoms with Gasteiger partial charge in [0.05, 0.1) is 19.4 Å². The quantitative estimate of drug-likeness (QED) is 0.904. The molecule has 0 saturated carbocycles. The zero-order valence-electron chi connectivity index (χ0n) is 14.9. The number of morpholine rings is 1. The summed E-state index contributed by atoms with van der Waals surface area (Å²) in [7, 11) is 0. The number of carbonyl (C=O) groups is 1. The van der Waals surface area contributed by atoms with Gasteiger partial charge in [0.2, 0.25) is 5.91 Å². The van der Waals surface area contributed by atoms with E-state index >= 15 is 0 Å². The molecule has 0 bridgehead atoms. The Kier molecular flexibility index (Phi) is 5.24. The summed E-state index contributed by atoms with van der Waals surface area (Å²) >= 11 is 0. The Bertz CT molecular complexity index is 893. The topological polar surface area (TPSA) is 99.3 Å². The van der Waals surface area contributed by atoms with Crippen LogP contribution in [0.3, 0.4) is 0 Å². The number of nitriles is 1. The minimum atomic E-state index is -0.382. The van der Waals surface area contributed by atoms with Crippen molar-refractivity contribution in [2.45, 2.75) is 32.8 Å². The Morgan fingerprint density at radius 2 is 2.27 bits per heavy atom. The first-order valence-corrected chi connectivity index (χ1v) is 8.56. The first kappa shape index (κ1) is 18.0. The average molecular weight is 355 g/mol. The van der Waals surface area contributed by atoms with Crippen molar-refractivity contribution < 1.29 is 13.9 Å². The second-order valence-corrected chi connectivity index (χ2v) is 6.38. The molecule has 0 aliphatic carbocycles. The van der Waals surface area contributed by atoms with Gasteiger partial charge in [-0.05, 0) is 43.5 Å². The van der Waals surface area contributed by atoms with Gasteiger partial charge in [-0.15, -0.1) is 0 Å². The molecule has 2 aromatic heterocycles. The van der Waals surface area contributed by atoms with Crippen molar-refractivity contribution in [2.75, 3.05) is 19.7 Å². The summed E-state index contributed by atoms with van der Waals surface area (Å²) < 4.78 is 11.1. The van der Waals surface area contributed by atoms with Crippen molar-refractivity contribution in [1.29, 1.82) is 5.26 Å². The number of hydrogen-bond donors (Lipinski definition) is 1. The second kappa shape index (κ2) is 7.58. The summed E-state index contributed by atoms with van der Waals surface area (Å²) in [6.45, 7) is 5.01. The molecule has 1 aliphatic heterocycles. The third kappa shape index (κ3) is 3.55. The summed E-state index contributed by atoms with van der Waals surface area (Å²) in [4.78, 5) is 28.9. The van der Waals surface area contributed by atoms with E-state index in [4.69, 9.17) is 14.4 Å². The molecule has 26 heavy (non-hydrogen) atoms. The molecule has 7 nitrogen and oxygen atoms in total. The molecule has 0 aromatic carbocycles. The van der Waals surface area contributed by atoms with Crippen molar-refractivity contribution >= 4 is 5.91 Å². The lowest BCUT2D eigenvalue weighted by Gasteiger charge is -2.32. The molecule has 1 N–H and O–H groups in total. The summed E-state index contributed by atoms with van der Waals surface area (Å²) in [6, 6.07) is 5.58. The van der Waals surface area contributed by atoms with Crippen molar-refractivity contribution in [1.82, 2.24) is 9.88 Å². The van der Waals surface area contributed by atoms with Crippen LogP contribution < -0.4 is 5.56 Å². The lowest BCUT2D eigenvalue weighted by Crippen LogP contribution is -2.42. The number of H-pyrrole nitrogens is 1. The van der Waals surface area contributed by atoms with Crippen molar-refractivity contribution in [3.63, 3.8) is 0 Å². The third-order valence-corrected chi connectivity index (χ3v) is 4.79. The Morgan fingerprint density at radius 3 is 2.96 bits per heavy atom. The number of amides is 1. The molecule has 136 valence electrons. The Labute approximate surface area is 151 Å². The fourth-order valence-electron chi connectivity index (χ4n) is 3.33. The van der Waals surface area contributed by atoms with Crippen LogP contribution in [0.1, 0.15) is 40.7 Å². The lowest BCUT2D eigenvalue weighted by atomic mass is 9.99. The number of furan rings is 1. The number of pyridine rings is 1. The number of rotatable bonds is 4. The maximum absolute atomic E-state index is 12.6. The zero-order valence-corrected chi connectivity index (χ0v) is 14.9. The molecular weight excluding hydrogens is 334 g/mol. The van der Waals surface area contributed by atoms with Crippen LogP contribution in [-0.4, -0.2) is 35.5 Å². The first-order chi connectivity index (χ1) is 12.5. The van der Waals surface area contributed by atoms with Crippen LogP contribution >= 0.6 is 0 Å². The van der Waals surface area contributed by atoms with Crippen LogP contribution in [0.25, 0.3) is 0 Å². The van der Waals surface area contributed by atoms with Gasteiger partial charge >= 0.3 is 0 Å². The van der Waals surface area contributed by atoms with Crippen LogP contribution in [0.2, 0.25) is 0 Å². The highest BCUT2D eigenvalue weighted by Crippen LogP contribution is 2.23. The molecule has 1 atom stereocenters. The highest BCUT2D eigenvalue weighted by Gasteiger charge is 2.27. The first-order valence-electron chi connectivity index (χ1n) is 8.56. The number of aromatic amines is 1. The van der Waals surface area contributed by atoms with E-state index in [1.807, 2.05) is 12.1 Å². The number of aryl methyl sites for hydroxylation is 1. The fourth-order valence-corrected chi connectivity index (χ4v) is 3.33. The number of hydrogen-bond acceptors (Lipinski definition) is 5. The van der Waals surface area contributed by atoms with Gasteiger partial charge < -0.3 is 19.0 Å². The molecular formula is C19H21N3O4. The van der Waals surface area contributed by atoms with E-state index in [9.17, 15) is 9.59 Å². The lowest BCUT2D eigenvalue weighted by molar-refractivity contribution is -0.139. The largest absolute Gasteiger partial charge is 0.467 e. The predicted octanol–water partition coefficient (Wildman–Crippen LogP) is 1.99. The Balaban J connectivity index is 1.68. The minimum Gasteiger partial charge on any atom is -0.467 e. The van der Waals surface area contributed by atoms with E-state index in [0.29, 0.717) is 49.6 Å². The Hall–Kier alpha value is -2.85. The van der Waals surface area contributed by atoms with Gasteiger partial charge in [-0.25, -0.2) is 0 Å². The molecule has 1 fully saturated rings. The van der Waals surface area contributed by atoms with Crippen LogP contribution in [-0.2, 0) is 16.0 Å². The van der Waals surface area contributed by atoms with Crippen molar-refractivity contribution in [3.05, 3.63) is 56.9 Å². The summed E-state index contributed by atoms with van der Waals surface area (Å²) in [5.41, 5.74) is 1.94. The molecule has 7 heteroatoms. The predicted molar refractivity (Wildman–Crippen MR) is 93.6 cm³/mol. The minimum absolute atomic E-state index is 0.0216. The second-order valence-electron chi connectivity index (χ2n) is 6.38. The summed E-state index contributed by atoms with van der Waals surface area (Å²) in [5, 5.41) is 9.15. The van der Waals surface area contributed by atoms with Gasteiger partial charge in [-0.1, -0.05) is 0 Å². The Morgan fingerprint density at radius 1 is 1.46 bits per heavy atom. The van der Waals surface area contributed by atoms with Gasteiger partial charge in [0.15, 0.2) is 0 Å². The monoisotopic (exact) mass is 355 g/mol. The van der Waals surface area contributed by atoms with E-state index in [1.165, 1.54) is 0 Å². The van der Waals surface area contributed by atoms with E-state index < -0.39 is 0 Å². The fraction of sp³-hybridized carbons (Fsp3) is 0.421. The van der Waals surface area contributed by atoms with Crippen molar-refractivity contribution in [3.8, 4) is 6.07 Å². The van der Waals surface area contributed by atoms with Crippen molar-refractivity contribution in [2.24, 2.45) is 0 Å². The number of carbonyl (C=O) groups excluding carboxylic acids is 1. The molecule has 3 heterocycles. The maximum Gasteiger partial charge on any atom is 0.266 e. The highest BCUT2D eigenvalue weighted by atomic mass is 16.5. The van der Waals surface area contributed by atoms with Gasteiger partial charge in [0, 0.05) is 18.7 Å². The van der Waals surface area contributed by atoms with Crippen LogP contribution in [0.4, 0.5) is 0 Å². The van der Waals surface area contributed by atoms with E-state index in [0.717, 1.165) is 5.56 Å². The smallest absolute Gasteiger partial charge is 0.266 e. The van der Waals surface area contributed by atoms with E-state index in [-0.39, 0.29) is 23.1 Å². The summed E-state index contributed by atoms with van der Waals surface area (Å²) in [5.74, 6) is 0.738. The average Bonchev–Trinajstić information content (AvgIpc) is 3.16. The number of nitrogens with zero attached hydrogens (tertiary/aromatic N) is 2. The molecule has 1 unspecified atom stereocenters.